The molecule has 0 amide bonds. The second-order valence-electron chi connectivity index (χ2n) is 7.12. The average Bonchev–Trinajstić information content (AvgIpc) is 3.37. The molecule has 0 spiro atoms. The number of benzene rings is 1. The molecular formula is C17H16F2N4O2S. The molecule has 6 nitrogen and oxygen atoms in total. The maximum Gasteiger partial charge on any atom is 0.271 e. The molecule has 1 aliphatic carbocycles. The van der Waals surface area contributed by atoms with E-state index in [9.17, 15) is 14.0 Å². The van der Waals surface area contributed by atoms with Crippen LogP contribution in [0.15, 0.2) is 15.7 Å². The fourth-order valence-electron chi connectivity index (χ4n) is 3.79. The lowest BCUT2D eigenvalue weighted by molar-refractivity contribution is 0.392. The first kappa shape index (κ1) is 16.0. The third-order valence-corrected chi connectivity index (χ3v) is 6.38. The van der Waals surface area contributed by atoms with Crippen LogP contribution in [-0.2, 0) is 0 Å². The Hall–Kier alpha value is -2.26. The van der Waals surface area contributed by atoms with Gasteiger partial charge in [0.2, 0.25) is 5.43 Å². The van der Waals surface area contributed by atoms with Crippen molar-refractivity contribution in [2.75, 3.05) is 11.4 Å². The van der Waals surface area contributed by atoms with Gasteiger partial charge in [0.05, 0.1) is 10.9 Å². The molecule has 2 aromatic heterocycles. The lowest BCUT2D eigenvalue weighted by Crippen LogP contribution is -2.63. The van der Waals surface area contributed by atoms with Gasteiger partial charge in [0.15, 0.2) is 5.82 Å². The summed E-state index contributed by atoms with van der Waals surface area (Å²) in [6.07, 6.45) is 1.66. The summed E-state index contributed by atoms with van der Waals surface area (Å²) in [4.78, 5) is 26.8. The van der Waals surface area contributed by atoms with Crippen molar-refractivity contribution in [2.45, 2.75) is 37.9 Å². The van der Waals surface area contributed by atoms with Crippen LogP contribution in [-0.4, -0.2) is 27.6 Å². The summed E-state index contributed by atoms with van der Waals surface area (Å²) in [5, 5.41) is -0.121. The molecule has 26 heavy (non-hydrogen) atoms. The van der Waals surface area contributed by atoms with Gasteiger partial charge >= 0.3 is 0 Å². The summed E-state index contributed by atoms with van der Waals surface area (Å²) in [7, 11) is 0. The van der Waals surface area contributed by atoms with E-state index in [1.54, 1.807) is 9.47 Å². The number of rotatable bonds is 2. The zero-order valence-electron chi connectivity index (χ0n) is 13.9. The molecule has 5 rings (SSSR count). The fraction of sp³-hybridized carbons (Fsp3) is 0.412. The molecule has 3 N–H and O–H groups in total. The van der Waals surface area contributed by atoms with Crippen molar-refractivity contribution < 1.29 is 8.78 Å². The van der Waals surface area contributed by atoms with Gasteiger partial charge in [0.1, 0.15) is 21.7 Å². The van der Waals surface area contributed by atoms with Crippen molar-refractivity contribution in [2.24, 2.45) is 5.73 Å². The number of fused-ring (bicyclic) bond motifs is 2. The first-order valence-electron chi connectivity index (χ1n) is 8.49. The number of aromatic amines is 1. The molecule has 1 saturated carbocycles. The predicted octanol–water partition coefficient (Wildman–Crippen LogP) is 2.05. The molecule has 9 heteroatoms. The number of halogens is 2. The maximum atomic E-state index is 15.5. The average molecular weight is 378 g/mol. The van der Waals surface area contributed by atoms with Crippen LogP contribution < -0.4 is 21.6 Å². The first-order chi connectivity index (χ1) is 12.4. The highest BCUT2D eigenvalue weighted by atomic mass is 32.1. The van der Waals surface area contributed by atoms with E-state index in [0.717, 1.165) is 30.4 Å². The van der Waals surface area contributed by atoms with Gasteiger partial charge in [-0.1, -0.05) is 0 Å². The van der Waals surface area contributed by atoms with Crippen molar-refractivity contribution >= 4 is 38.3 Å². The van der Waals surface area contributed by atoms with Gasteiger partial charge in [-0.15, -0.1) is 0 Å². The van der Waals surface area contributed by atoms with Crippen LogP contribution in [0.2, 0.25) is 0 Å². The van der Waals surface area contributed by atoms with Crippen molar-refractivity contribution in [1.82, 2.24) is 8.94 Å². The monoisotopic (exact) mass is 378 g/mol. The summed E-state index contributed by atoms with van der Waals surface area (Å²) >= 11 is 1.02. The molecule has 1 aromatic carbocycles. The molecule has 0 bridgehead atoms. The largest absolute Gasteiger partial charge is 0.361 e. The quantitative estimate of drug-likeness (QED) is 0.715. The van der Waals surface area contributed by atoms with Crippen LogP contribution in [0.1, 0.15) is 25.8 Å². The third-order valence-electron chi connectivity index (χ3n) is 5.50. The Morgan fingerprint density at radius 3 is 2.65 bits per heavy atom. The lowest BCUT2D eigenvalue weighted by atomic mass is 9.97. The Bertz CT molecular complexity index is 1190. The van der Waals surface area contributed by atoms with Gasteiger partial charge in [-0.05, 0) is 37.4 Å². The van der Waals surface area contributed by atoms with Gasteiger partial charge in [0, 0.05) is 24.7 Å². The first-order valence-corrected chi connectivity index (χ1v) is 9.31. The van der Waals surface area contributed by atoms with Crippen LogP contribution in [0.25, 0.3) is 21.1 Å². The van der Waals surface area contributed by atoms with Crippen LogP contribution >= 0.6 is 11.5 Å². The van der Waals surface area contributed by atoms with Crippen LogP contribution in [0.3, 0.4) is 0 Å². The van der Waals surface area contributed by atoms with Crippen molar-refractivity contribution in [3.05, 3.63) is 38.3 Å². The highest BCUT2D eigenvalue weighted by Gasteiger charge is 2.38. The number of nitrogens with one attached hydrogen (secondary N) is 1. The second kappa shape index (κ2) is 5.14. The minimum Gasteiger partial charge on any atom is -0.361 e. The van der Waals surface area contributed by atoms with Gasteiger partial charge < -0.3 is 15.2 Å². The molecule has 3 heterocycles. The van der Waals surface area contributed by atoms with E-state index in [-0.39, 0.29) is 40.1 Å². The van der Waals surface area contributed by atoms with Gasteiger partial charge in [0.25, 0.3) is 5.56 Å². The number of pyridine rings is 1. The maximum absolute atomic E-state index is 15.5. The number of anilines is 1. The van der Waals surface area contributed by atoms with E-state index in [0.29, 0.717) is 11.4 Å². The fourth-order valence-corrected chi connectivity index (χ4v) is 4.70. The van der Waals surface area contributed by atoms with Crippen molar-refractivity contribution in [3.63, 3.8) is 0 Å². The standard InChI is InChI=1S/C17H16F2N4O2S/c1-6-10(20)5-22(6)14-9(18)4-8-13(12(14)19)23(7-2-3-7)17-11(15(8)24)16(25)21-26-17/h4,6-7,10H,2-3,5,20H2,1H3,(H,21,25)/t6-,10+/m0/s1. The number of hydrogen-bond donors (Lipinski definition) is 2. The number of H-pyrrole nitrogens is 1. The number of nitrogens with zero attached hydrogens (tertiary/aromatic N) is 2. The molecule has 2 atom stereocenters. The smallest absolute Gasteiger partial charge is 0.271 e. The summed E-state index contributed by atoms with van der Waals surface area (Å²) in [6.45, 7) is 2.17. The number of aromatic nitrogens is 2. The van der Waals surface area contributed by atoms with E-state index in [1.807, 2.05) is 6.92 Å². The van der Waals surface area contributed by atoms with Gasteiger partial charge in [-0.2, -0.15) is 0 Å². The van der Waals surface area contributed by atoms with Crippen LogP contribution in [0.4, 0.5) is 14.5 Å². The Kier molecular flexibility index (Phi) is 3.15. The van der Waals surface area contributed by atoms with Gasteiger partial charge in [-0.25, -0.2) is 8.78 Å². The topological polar surface area (TPSA) is 84.1 Å². The Balaban J connectivity index is 1.93. The molecule has 1 aliphatic heterocycles. The minimum absolute atomic E-state index is 0.0101. The van der Waals surface area contributed by atoms with Crippen LogP contribution in [0, 0.1) is 11.6 Å². The molecule has 0 radical (unpaired) electrons. The van der Waals surface area contributed by atoms with E-state index in [2.05, 4.69) is 4.37 Å². The molecule has 1 saturated heterocycles. The molecular weight excluding hydrogens is 362 g/mol. The van der Waals surface area contributed by atoms with E-state index >= 15 is 4.39 Å². The normalized spacial score (nSPS) is 23.0. The zero-order chi connectivity index (χ0) is 18.3. The molecule has 136 valence electrons. The highest BCUT2D eigenvalue weighted by molar-refractivity contribution is 7.12. The Labute approximate surface area is 150 Å². The van der Waals surface area contributed by atoms with Crippen molar-refractivity contribution in [1.29, 1.82) is 0 Å². The summed E-state index contributed by atoms with van der Waals surface area (Å²) < 4.78 is 34.5. The Morgan fingerprint density at radius 1 is 1.31 bits per heavy atom. The van der Waals surface area contributed by atoms with E-state index in [4.69, 9.17) is 5.73 Å². The van der Waals surface area contributed by atoms with E-state index in [1.165, 1.54) is 0 Å². The molecule has 2 fully saturated rings. The Morgan fingerprint density at radius 2 is 2.04 bits per heavy atom. The summed E-state index contributed by atoms with van der Waals surface area (Å²) in [5.74, 6) is -1.57. The van der Waals surface area contributed by atoms with Crippen LogP contribution in [0.5, 0.6) is 0 Å². The minimum atomic E-state index is -0.806. The molecule has 2 aliphatic rings. The van der Waals surface area contributed by atoms with Crippen molar-refractivity contribution in [3.8, 4) is 0 Å². The van der Waals surface area contributed by atoms with E-state index < -0.39 is 22.6 Å². The lowest BCUT2D eigenvalue weighted by Gasteiger charge is -2.46. The molecule has 0 unspecified atom stereocenters. The SMILES string of the molecule is C[C@H]1[C@H](N)CN1c1c(F)cc2c(=O)c3c(=O)[nH]sc3n(C3CC3)c2c1F. The highest BCUT2D eigenvalue weighted by Crippen LogP contribution is 2.42. The summed E-state index contributed by atoms with van der Waals surface area (Å²) in [5.41, 5.74) is 4.65. The third kappa shape index (κ3) is 1.92. The number of hydrogen-bond acceptors (Lipinski definition) is 5. The zero-order valence-corrected chi connectivity index (χ0v) is 14.7. The second-order valence-corrected chi connectivity index (χ2v) is 7.91. The summed E-state index contributed by atoms with van der Waals surface area (Å²) in [6, 6.07) is 0.732. The number of nitrogens with two attached hydrogens (primary N) is 1. The molecule has 3 aromatic rings. The van der Waals surface area contributed by atoms with Gasteiger partial charge in [-0.3, -0.25) is 14.0 Å². The predicted molar refractivity (Wildman–Crippen MR) is 97.2 cm³/mol.